The van der Waals surface area contributed by atoms with Crippen LogP contribution in [0.1, 0.15) is 17.2 Å². The summed E-state index contributed by atoms with van der Waals surface area (Å²) in [7, 11) is 5.71. The van der Waals surface area contributed by atoms with Crippen molar-refractivity contribution in [1.29, 1.82) is 0 Å². The minimum atomic E-state index is 0.0919. The van der Waals surface area contributed by atoms with E-state index >= 15 is 0 Å². The lowest BCUT2D eigenvalue weighted by Gasteiger charge is -2.33. The molecular weight excluding hydrogens is 350 g/mol. The highest BCUT2D eigenvalue weighted by molar-refractivity contribution is 5.84. The lowest BCUT2D eigenvalue weighted by Crippen LogP contribution is -2.37. The molecule has 1 aromatic heterocycles. The van der Waals surface area contributed by atoms with Crippen molar-refractivity contribution in [3.63, 3.8) is 0 Å². The third kappa shape index (κ3) is 4.11. The number of rotatable bonds is 5. The Morgan fingerprint density at radius 3 is 2.68 bits per heavy atom. The molecule has 1 atom stereocenters. The van der Waals surface area contributed by atoms with Gasteiger partial charge in [-0.2, -0.15) is 0 Å². The number of ether oxygens (including phenoxy) is 2. The van der Waals surface area contributed by atoms with Crippen molar-refractivity contribution in [2.75, 3.05) is 45.8 Å². The fourth-order valence-electron chi connectivity index (χ4n) is 3.65. The monoisotopic (exact) mass is 377 g/mol. The Morgan fingerprint density at radius 1 is 1.11 bits per heavy atom. The molecule has 0 amide bonds. The molecule has 2 aromatic carbocycles. The van der Waals surface area contributed by atoms with E-state index in [0.717, 1.165) is 37.8 Å². The number of hydrogen-bond acceptors (Lipinski definition) is 5. The zero-order valence-corrected chi connectivity index (χ0v) is 16.8. The summed E-state index contributed by atoms with van der Waals surface area (Å²) in [6.45, 7) is 3.47. The summed E-state index contributed by atoms with van der Waals surface area (Å²) in [6.07, 6.45) is 2.07. The SMILES string of the molecule is COc1ccc2cc([C@H]3CN(Cc4ccc(N(C)C)nc4)CCO3)ccc2c1. The Labute approximate surface area is 166 Å². The maximum Gasteiger partial charge on any atom is 0.127 e. The van der Waals surface area contributed by atoms with Crippen LogP contribution < -0.4 is 9.64 Å². The van der Waals surface area contributed by atoms with Crippen LogP contribution >= 0.6 is 0 Å². The summed E-state index contributed by atoms with van der Waals surface area (Å²) in [5.41, 5.74) is 2.46. The lowest BCUT2D eigenvalue weighted by molar-refractivity contribution is -0.0328. The Bertz CT molecular complexity index is 940. The van der Waals surface area contributed by atoms with E-state index in [1.165, 1.54) is 21.9 Å². The van der Waals surface area contributed by atoms with Crippen LogP contribution in [0.25, 0.3) is 10.8 Å². The molecule has 4 rings (SSSR count). The van der Waals surface area contributed by atoms with Crippen molar-refractivity contribution >= 4 is 16.6 Å². The van der Waals surface area contributed by atoms with E-state index in [1.807, 2.05) is 31.3 Å². The number of benzene rings is 2. The molecule has 1 fully saturated rings. The molecule has 3 aromatic rings. The fourth-order valence-corrected chi connectivity index (χ4v) is 3.65. The second-order valence-electron chi connectivity index (χ2n) is 7.49. The number of anilines is 1. The zero-order chi connectivity index (χ0) is 19.5. The van der Waals surface area contributed by atoms with Gasteiger partial charge >= 0.3 is 0 Å². The maximum absolute atomic E-state index is 6.09. The van der Waals surface area contributed by atoms with Gasteiger partial charge in [0.05, 0.1) is 19.8 Å². The van der Waals surface area contributed by atoms with Crippen molar-refractivity contribution in [1.82, 2.24) is 9.88 Å². The van der Waals surface area contributed by atoms with Crippen molar-refractivity contribution in [2.45, 2.75) is 12.6 Å². The van der Waals surface area contributed by atoms with Gasteiger partial charge in [0.2, 0.25) is 0 Å². The van der Waals surface area contributed by atoms with Crippen molar-refractivity contribution in [3.05, 3.63) is 65.9 Å². The molecule has 0 aliphatic carbocycles. The number of methoxy groups -OCH3 is 1. The molecule has 1 aliphatic rings. The molecule has 0 spiro atoms. The van der Waals surface area contributed by atoms with Crippen molar-refractivity contribution < 1.29 is 9.47 Å². The second kappa shape index (κ2) is 8.17. The van der Waals surface area contributed by atoms with Crippen LogP contribution in [0.3, 0.4) is 0 Å². The number of aromatic nitrogens is 1. The van der Waals surface area contributed by atoms with Gasteiger partial charge in [0.15, 0.2) is 0 Å². The van der Waals surface area contributed by atoms with Crippen molar-refractivity contribution in [2.24, 2.45) is 0 Å². The molecule has 0 radical (unpaired) electrons. The highest BCUT2D eigenvalue weighted by Gasteiger charge is 2.22. The number of nitrogens with zero attached hydrogens (tertiary/aromatic N) is 3. The first-order chi connectivity index (χ1) is 13.6. The summed E-state index contributed by atoms with van der Waals surface area (Å²) < 4.78 is 11.4. The normalized spacial score (nSPS) is 17.6. The van der Waals surface area contributed by atoms with Crippen LogP contribution in [0.4, 0.5) is 5.82 Å². The number of pyridine rings is 1. The van der Waals surface area contributed by atoms with Gasteiger partial charge in [-0.25, -0.2) is 4.98 Å². The van der Waals surface area contributed by atoms with E-state index in [0.29, 0.717) is 0 Å². The third-order valence-corrected chi connectivity index (χ3v) is 5.27. The molecule has 146 valence electrons. The molecule has 28 heavy (non-hydrogen) atoms. The van der Waals surface area contributed by atoms with Gasteiger partial charge in [-0.3, -0.25) is 4.90 Å². The number of morpholine rings is 1. The van der Waals surface area contributed by atoms with Gasteiger partial charge in [-0.15, -0.1) is 0 Å². The molecule has 0 bridgehead atoms. The maximum atomic E-state index is 6.09. The van der Waals surface area contributed by atoms with Gasteiger partial charge in [0, 0.05) is 39.9 Å². The van der Waals surface area contributed by atoms with E-state index < -0.39 is 0 Å². The fraction of sp³-hybridized carbons (Fsp3) is 0.348. The Hall–Kier alpha value is -2.63. The predicted molar refractivity (Wildman–Crippen MR) is 113 cm³/mol. The first-order valence-corrected chi connectivity index (χ1v) is 9.66. The molecule has 0 unspecified atom stereocenters. The Balaban J connectivity index is 1.46. The minimum absolute atomic E-state index is 0.0919. The van der Waals surface area contributed by atoms with E-state index in [-0.39, 0.29) is 6.10 Å². The highest BCUT2D eigenvalue weighted by atomic mass is 16.5. The minimum Gasteiger partial charge on any atom is -0.497 e. The van der Waals surface area contributed by atoms with Gasteiger partial charge in [-0.05, 0) is 46.2 Å². The summed E-state index contributed by atoms with van der Waals surface area (Å²) >= 11 is 0. The Morgan fingerprint density at radius 2 is 1.93 bits per heavy atom. The topological polar surface area (TPSA) is 37.8 Å². The zero-order valence-electron chi connectivity index (χ0n) is 16.8. The molecule has 5 nitrogen and oxygen atoms in total. The first-order valence-electron chi connectivity index (χ1n) is 9.66. The van der Waals surface area contributed by atoms with E-state index in [9.17, 15) is 0 Å². The second-order valence-corrected chi connectivity index (χ2v) is 7.49. The van der Waals surface area contributed by atoms with E-state index in [1.54, 1.807) is 7.11 Å². The third-order valence-electron chi connectivity index (χ3n) is 5.27. The van der Waals surface area contributed by atoms with Crippen LogP contribution in [0.5, 0.6) is 5.75 Å². The first kappa shape index (κ1) is 18.7. The van der Waals surface area contributed by atoms with Crippen molar-refractivity contribution in [3.8, 4) is 5.75 Å². The van der Waals surface area contributed by atoms with Gasteiger partial charge in [0.1, 0.15) is 11.6 Å². The molecule has 1 saturated heterocycles. The summed E-state index contributed by atoms with van der Waals surface area (Å²) in [6, 6.07) is 17.0. The number of fused-ring (bicyclic) bond motifs is 1. The van der Waals surface area contributed by atoms with Crippen LogP contribution in [0.2, 0.25) is 0 Å². The van der Waals surface area contributed by atoms with Gasteiger partial charge in [0.25, 0.3) is 0 Å². The quantitative estimate of drug-likeness (QED) is 0.675. The molecule has 1 aliphatic heterocycles. The largest absolute Gasteiger partial charge is 0.497 e. The lowest BCUT2D eigenvalue weighted by atomic mass is 10.0. The highest BCUT2D eigenvalue weighted by Crippen LogP contribution is 2.28. The average molecular weight is 377 g/mol. The van der Waals surface area contributed by atoms with Crippen LogP contribution in [-0.2, 0) is 11.3 Å². The molecule has 2 heterocycles. The number of hydrogen-bond donors (Lipinski definition) is 0. The van der Waals surface area contributed by atoms with E-state index in [4.69, 9.17) is 9.47 Å². The molecule has 0 N–H and O–H groups in total. The van der Waals surface area contributed by atoms with Crippen LogP contribution in [-0.4, -0.2) is 50.8 Å². The molecule has 5 heteroatoms. The average Bonchev–Trinajstić information content (AvgIpc) is 2.73. The van der Waals surface area contributed by atoms with Gasteiger partial charge < -0.3 is 14.4 Å². The summed E-state index contributed by atoms with van der Waals surface area (Å²) in [5.74, 6) is 1.87. The molecular formula is C23H27N3O2. The van der Waals surface area contributed by atoms with Crippen LogP contribution in [0.15, 0.2) is 54.7 Å². The smallest absolute Gasteiger partial charge is 0.127 e. The summed E-state index contributed by atoms with van der Waals surface area (Å²) in [5, 5.41) is 2.39. The van der Waals surface area contributed by atoms with Crippen LogP contribution in [0, 0.1) is 0 Å². The van der Waals surface area contributed by atoms with Gasteiger partial charge in [-0.1, -0.05) is 24.3 Å². The predicted octanol–water partition coefficient (Wildman–Crippen LogP) is 3.88. The van der Waals surface area contributed by atoms with E-state index in [2.05, 4.69) is 52.3 Å². The standard InChI is InChI=1S/C23H27N3O2/c1-25(2)23-9-4-17(14-24-23)15-26-10-11-28-22(16-26)20-6-5-19-13-21(27-3)8-7-18(19)12-20/h4-9,12-14,22H,10-11,15-16H2,1-3H3/t22-/m1/s1. The summed E-state index contributed by atoms with van der Waals surface area (Å²) in [4.78, 5) is 8.99. The molecule has 0 saturated carbocycles. The Kier molecular flexibility index (Phi) is 5.46.